The predicted octanol–water partition coefficient (Wildman–Crippen LogP) is 2.44. The van der Waals surface area contributed by atoms with Crippen LogP contribution in [-0.2, 0) is 6.54 Å². The van der Waals surface area contributed by atoms with Crippen LogP contribution in [0.2, 0.25) is 0 Å². The van der Waals surface area contributed by atoms with Gasteiger partial charge in [0.25, 0.3) is 5.69 Å². The molecule has 0 spiro atoms. The maximum atomic E-state index is 10.7. The van der Waals surface area contributed by atoms with Gasteiger partial charge < -0.3 is 4.57 Å². The Hall–Kier alpha value is -2.17. The lowest BCUT2D eigenvalue weighted by atomic mass is 10.3. The van der Waals surface area contributed by atoms with Crippen molar-refractivity contribution in [2.45, 2.75) is 13.5 Å². The molecule has 1 aromatic carbocycles. The largest absolute Gasteiger partial charge is 0.324 e. The zero-order chi connectivity index (χ0) is 11.7. The molecule has 2 rings (SSSR count). The molecule has 0 aliphatic carbocycles. The Morgan fingerprint density at radius 1 is 1.62 bits per heavy atom. The molecule has 1 heterocycles. The molecule has 0 fully saturated rings. The monoisotopic (exact) mass is 217 g/mol. The fourth-order valence-corrected chi connectivity index (χ4v) is 1.70. The quantitative estimate of drug-likeness (QED) is 0.450. The topological polar surface area (TPSA) is 61.0 Å². The Balaban J connectivity index is 2.68. The van der Waals surface area contributed by atoms with E-state index in [4.69, 9.17) is 0 Å². The van der Waals surface area contributed by atoms with E-state index in [2.05, 4.69) is 11.6 Å². The third-order valence-electron chi connectivity index (χ3n) is 2.45. The average Bonchev–Trinajstić information content (AvgIpc) is 2.55. The second kappa shape index (κ2) is 3.77. The number of rotatable bonds is 3. The number of nitrogens with zero attached hydrogens (tertiary/aromatic N) is 3. The second-order valence-corrected chi connectivity index (χ2v) is 3.49. The number of fused-ring (bicyclic) bond motifs is 1. The highest BCUT2D eigenvalue weighted by Crippen LogP contribution is 2.21. The van der Waals surface area contributed by atoms with Gasteiger partial charge in [-0.3, -0.25) is 10.1 Å². The molecule has 1 aromatic heterocycles. The van der Waals surface area contributed by atoms with E-state index in [1.165, 1.54) is 6.07 Å². The van der Waals surface area contributed by atoms with Crippen molar-refractivity contribution in [2.75, 3.05) is 0 Å². The zero-order valence-electron chi connectivity index (χ0n) is 8.88. The number of aryl methyl sites for hydroxylation is 1. The SMILES string of the molecule is C=CCn1c(C)nc2ccc([N+](=O)[O-])cc21. The van der Waals surface area contributed by atoms with Crippen molar-refractivity contribution < 1.29 is 4.92 Å². The molecule has 5 nitrogen and oxygen atoms in total. The van der Waals surface area contributed by atoms with Crippen LogP contribution in [0.5, 0.6) is 0 Å². The molecule has 0 atom stereocenters. The van der Waals surface area contributed by atoms with Crippen molar-refractivity contribution >= 4 is 16.7 Å². The van der Waals surface area contributed by atoms with Crippen molar-refractivity contribution in [3.8, 4) is 0 Å². The van der Waals surface area contributed by atoms with Crippen LogP contribution in [0, 0.1) is 17.0 Å². The lowest BCUT2D eigenvalue weighted by Crippen LogP contribution is -1.97. The molecule has 0 saturated carbocycles. The van der Waals surface area contributed by atoms with E-state index in [1.807, 2.05) is 11.5 Å². The summed E-state index contributed by atoms with van der Waals surface area (Å²) in [6.07, 6.45) is 1.74. The van der Waals surface area contributed by atoms with Gasteiger partial charge in [-0.2, -0.15) is 0 Å². The van der Waals surface area contributed by atoms with Crippen molar-refractivity contribution in [3.63, 3.8) is 0 Å². The molecular formula is C11H11N3O2. The van der Waals surface area contributed by atoms with Crippen molar-refractivity contribution in [1.29, 1.82) is 0 Å². The van der Waals surface area contributed by atoms with Crippen LogP contribution in [0.4, 0.5) is 5.69 Å². The maximum Gasteiger partial charge on any atom is 0.271 e. The summed E-state index contributed by atoms with van der Waals surface area (Å²) < 4.78 is 1.90. The maximum absolute atomic E-state index is 10.7. The summed E-state index contributed by atoms with van der Waals surface area (Å²) in [6, 6.07) is 4.67. The Labute approximate surface area is 92.2 Å². The highest BCUT2D eigenvalue weighted by atomic mass is 16.6. The number of hydrogen-bond donors (Lipinski definition) is 0. The predicted molar refractivity (Wildman–Crippen MR) is 61.3 cm³/mol. The number of aromatic nitrogens is 2. The number of nitro groups is 1. The third kappa shape index (κ3) is 1.56. The lowest BCUT2D eigenvalue weighted by molar-refractivity contribution is -0.384. The van der Waals surface area contributed by atoms with Gasteiger partial charge >= 0.3 is 0 Å². The summed E-state index contributed by atoms with van der Waals surface area (Å²) in [5, 5.41) is 10.7. The summed E-state index contributed by atoms with van der Waals surface area (Å²) in [4.78, 5) is 14.6. The fourth-order valence-electron chi connectivity index (χ4n) is 1.70. The number of benzene rings is 1. The van der Waals surface area contributed by atoms with Crippen LogP contribution in [0.1, 0.15) is 5.82 Å². The van der Waals surface area contributed by atoms with Crippen LogP contribution in [-0.4, -0.2) is 14.5 Å². The first kappa shape index (κ1) is 10.4. The number of nitro benzene ring substituents is 1. The summed E-state index contributed by atoms with van der Waals surface area (Å²) in [6.45, 7) is 6.13. The molecule has 0 unspecified atom stereocenters. The minimum absolute atomic E-state index is 0.0812. The summed E-state index contributed by atoms with van der Waals surface area (Å²) >= 11 is 0. The molecule has 82 valence electrons. The van der Waals surface area contributed by atoms with Crippen LogP contribution in [0.15, 0.2) is 30.9 Å². The first-order chi connectivity index (χ1) is 7.63. The zero-order valence-corrected chi connectivity index (χ0v) is 8.88. The van der Waals surface area contributed by atoms with Crippen LogP contribution >= 0.6 is 0 Å². The van der Waals surface area contributed by atoms with Gasteiger partial charge in [0.2, 0.25) is 0 Å². The summed E-state index contributed by atoms with van der Waals surface area (Å²) in [5.74, 6) is 0.829. The molecule has 0 radical (unpaired) electrons. The van der Waals surface area contributed by atoms with Gasteiger partial charge in [0.15, 0.2) is 0 Å². The fraction of sp³-hybridized carbons (Fsp3) is 0.182. The van der Waals surface area contributed by atoms with Gasteiger partial charge in [0.1, 0.15) is 5.82 Å². The Morgan fingerprint density at radius 2 is 2.38 bits per heavy atom. The highest BCUT2D eigenvalue weighted by Gasteiger charge is 2.11. The Morgan fingerprint density at radius 3 is 3.00 bits per heavy atom. The number of non-ortho nitro benzene ring substituents is 1. The minimum Gasteiger partial charge on any atom is -0.324 e. The van der Waals surface area contributed by atoms with Crippen molar-refractivity contribution in [2.24, 2.45) is 0 Å². The Kier molecular flexibility index (Phi) is 2.44. The molecule has 5 heteroatoms. The van der Waals surface area contributed by atoms with E-state index in [0.717, 1.165) is 16.9 Å². The van der Waals surface area contributed by atoms with Crippen LogP contribution in [0.3, 0.4) is 0 Å². The minimum atomic E-state index is -0.403. The molecule has 0 saturated heterocycles. The smallest absolute Gasteiger partial charge is 0.271 e. The average molecular weight is 217 g/mol. The summed E-state index contributed by atoms with van der Waals surface area (Å²) in [5.41, 5.74) is 1.62. The van der Waals surface area contributed by atoms with E-state index < -0.39 is 4.92 Å². The van der Waals surface area contributed by atoms with Crippen LogP contribution < -0.4 is 0 Å². The van der Waals surface area contributed by atoms with E-state index >= 15 is 0 Å². The molecular weight excluding hydrogens is 206 g/mol. The lowest BCUT2D eigenvalue weighted by Gasteiger charge is -2.01. The van der Waals surface area contributed by atoms with Gasteiger partial charge in [-0.05, 0) is 13.0 Å². The molecule has 16 heavy (non-hydrogen) atoms. The van der Waals surface area contributed by atoms with Gasteiger partial charge in [0, 0.05) is 18.7 Å². The number of allylic oxidation sites excluding steroid dienone is 1. The van der Waals surface area contributed by atoms with Crippen molar-refractivity contribution in [3.05, 3.63) is 46.8 Å². The molecule has 0 N–H and O–H groups in total. The van der Waals surface area contributed by atoms with E-state index in [9.17, 15) is 10.1 Å². The number of hydrogen-bond acceptors (Lipinski definition) is 3. The van der Waals surface area contributed by atoms with E-state index in [0.29, 0.717) is 6.54 Å². The van der Waals surface area contributed by atoms with Gasteiger partial charge in [-0.1, -0.05) is 6.08 Å². The van der Waals surface area contributed by atoms with Gasteiger partial charge in [-0.25, -0.2) is 4.98 Å². The van der Waals surface area contributed by atoms with E-state index in [1.54, 1.807) is 18.2 Å². The molecule has 0 bridgehead atoms. The Bertz CT molecular complexity index is 572. The van der Waals surface area contributed by atoms with E-state index in [-0.39, 0.29) is 5.69 Å². The highest BCUT2D eigenvalue weighted by molar-refractivity contribution is 5.78. The third-order valence-corrected chi connectivity index (χ3v) is 2.45. The normalized spacial score (nSPS) is 10.6. The van der Waals surface area contributed by atoms with Gasteiger partial charge in [0.05, 0.1) is 16.0 Å². The van der Waals surface area contributed by atoms with Crippen molar-refractivity contribution in [1.82, 2.24) is 9.55 Å². The standard InChI is InChI=1S/C11H11N3O2/c1-3-6-13-8(2)12-10-5-4-9(14(15)16)7-11(10)13/h3-5,7H,1,6H2,2H3. The first-order valence-electron chi connectivity index (χ1n) is 4.85. The molecule has 0 amide bonds. The second-order valence-electron chi connectivity index (χ2n) is 3.49. The summed E-state index contributed by atoms with van der Waals surface area (Å²) in [7, 11) is 0. The van der Waals surface area contributed by atoms with Gasteiger partial charge in [-0.15, -0.1) is 6.58 Å². The first-order valence-corrected chi connectivity index (χ1v) is 4.85. The molecule has 0 aliphatic heterocycles. The molecule has 2 aromatic rings. The van der Waals surface area contributed by atoms with Crippen LogP contribution in [0.25, 0.3) is 11.0 Å². The molecule has 0 aliphatic rings. The number of imidazole rings is 1.